The quantitative estimate of drug-likeness (QED) is 0.125. The summed E-state index contributed by atoms with van der Waals surface area (Å²) in [6, 6.07) is 8.60. The van der Waals surface area contributed by atoms with E-state index in [4.69, 9.17) is 41.7 Å². The third kappa shape index (κ3) is 7.93. The van der Waals surface area contributed by atoms with Gasteiger partial charge in [-0.1, -0.05) is 45.6 Å². The van der Waals surface area contributed by atoms with Gasteiger partial charge in [0.25, 0.3) is 0 Å². The van der Waals surface area contributed by atoms with Crippen LogP contribution in [0.5, 0.6) is 0 Å². The topological polar surface area (TPSA) is 181 Å². The molecule has 10 rings (SSSR count). The van der Waals surface area contributed by atoms with Gasteiger partial charge in [-0.15, -0.1) is 0 Å². The van der Waals surface area contributed by atoms with Crippen LogP contribution in [0.25, 0.3) is 45.2 Å². The number of halogens is 4. The maximum Gasteiger partial charge on any atom is 0.344 e. The fourth-order valence-corrected chi connectivity index (χ4v) is 8.70. The van der Waals surface area contributed by atoms with Crippen molar-refractivity contribution in [1.82, 2.24) is 29.9 Å². The molecular formula is C44H42Cl2F2N6O8. The van der Waals surface area contributed by atoms with Crippen molar-refractivity contribution >= 4 is 35.1 Å². The monoisotopic (exact) mass is 890 g/mol. The molecule has 0 unspecified atom stereocenters. The van der Waals surface area contributed by atoms with Gasteiger partial charge in [-0.3, -0.25) is 9.36 Å². The zero-order valence-corrected chi connectivity index (χ0v) is 35.6. The standard InChI is InChI=1S/2C22H21ClFN3O4/c2*1-11-14(10-25-27(11)12-8-22(2,29)9-12)20-18(21(28)30-13-6-7-13)19(26-31-20)17-15(23)4-3-5-16(17)24/h2*3-5,10,12-13,29H,6-9H2,1-2H3. The first-order chi connectivity index (χ1) is 29.5. The van der Waals surface area contributed by atoms with Crippen molar-refractivity contribution in [2.24, 2.45) is 0 Å². The number of esters is 2. The van der Waals surface area contributed by atoms with E-state index in [0.29, 0.717) is 36.8 Å². The first kappa shape index (κ1) is 41.9. The minimum absolute atomic E-state index is 0.00229. The lowest BCUT2D eigenvalue weighted by atomic mass is 9.77. The summed E-state index contributed by atoms with van der Waals surface area (Å²) < 4.78 is 55.0. The van der Waals surface area contributed by atoms with Crippen LogP contribution in [0.3, 0.4) is 0 Å². The Hall–Kier alpha value is -5.42. The predicted molar refractivity (Wildman–Crippen MR) is 220 cm³/mol. The maximum absolute atomic E-state index is 14.6. The minimum Gasteiger partial charge on any atom is -0.459 e. The van der Waals surface area contributed by atoms with Gasteiger partial charge in [-0.25, -0.2) is 18.4 Å². The third-order valence-corrected chi connectivity index (χ3v) is 12.4. The largest absolute Gasteiger partial charge is 0.459 e. The zero-order chi connectivity index (χ0) is 43.8. The molecule has 4 aliphatic rings. The SMILES string of the molecule is Cc1c(-c2onc(-c3c(F)cccc3Cl)c2C(=O)OC2CC2)cnn1C1CC(C)(O)C1.Cc1c(-c2onc(-c3c(F)cccc3Cl)c2C(=O)OC2CC2)cnn1C1CC(C)(O)C1. The molecule has 4 aromatic heterocycles. The van der Waals surface area contributed by atoms with Gasteiger partial charge in [0.15, 0.2) is 11.5 Å². The average molecular weight is 892 g/mol. The number of aliphatic hydroxyl groups is 2. The van der Waals surface area contributed by atoms with Gasteiger partial charge in [-0.2, -0.15) is 10.2 Å². The molecule has 324 valence electrons. The number of carbonyl (C=O) groups excluding carboxylic acids is 2. The molecule has 6 aromatic rings. The van der Waals surface area contributed by atoms with Crippen molar-refractivity contribution in [1.29, 1.82) is 0 Å². The Balaban J connectivity index is 0.000000158. The van der Waals surface area contributed by atoms with Gasteiger partial charge in [0.05, 0.1) is 68.0 Å². The molecule has 0 amide bonds. The number of carbonyl (C=O) groups is 2. The Morgan fingerprint density at radius 3 is 1.39 bits per heavy atom. The van der Waals surface area contributed by atoms with Crippen LogP contribution < -0.4 is 0 Å². The van der Waals surface area contributed by atoms with E-state index in [9.17, 15) is 28.6 Å². The Bertz CT molecular complexity index is 2490. The van der Waals surface area contributed by atoms with Crippen LogP contribution in [0.4, 0.5) is 8.78 Å². The van der Waals surface area contributed by atoms with Crippen molar-refractivity contribution in [3.8, 4) is 45.2 Å². The first-order valence-corrected chi connectivity index (χ1v) is 21.1. The lowest BCUT2D eigenvalue weighted by molar-refractivity contribution is -0.0553. The molecule has 0 atom stereocenters. The van der Waals surface area contributed by atoms with E-state index in [1.165, 1.54) is 36.4 Å². The Labute approximate surface area is 363 Å². The van der Waals surface area contributed by atoms with E-state index in [2.05, 4.69) is 20.5 Å². The molecule has 0 spiro atoms. The van der Waals surface area contributed by atoms with Crippen molar-refractivity contribution in [3.63, 3.8) is 0 Å². The molecule has 0 aliphatic heterocycles. The Morgan fingerprint density at radius 1 is 0.694 bits per heavy atom. The highest BCUT2D eigenvalue weighted by Gasteiger charge is 2.43. The fourth-order valence-electron chi connectivity index (χ4n) is 8.19. The van der Waals surface area contributed by atoms with Gasteiger partial charge in [0.1, 0.15) is 46.4 Å². The van der Waals surface area contributed by atoms with E-state index >= 15 is 0 Å². The zero-order valence-electron chi connectivity index (χ0n) is 34.1. The van der Waals surface area contributed by atoms with Crippen LogP contribution in [-0.4, -0.2) is 75.4 Å². The van der Waals surface area contributed by atoms with E-state index in [-0.39, 0.29) is 79.5 Å². The van der Waals surface area contributed by atoms with Crippen molar-refractivity contribution in [3.05, 3.63) is 93.0 Å². The summed E-state index contributed by atoms with van der Waals surface area (Å²) in [4.78, 5) is 26.0. The highest BCUT2D eigenvalue weighted by atomic mass is 35.5. The van der Waals surface area contributed by atoms with Gasteiger partial charge in [-0.05, 0) is 103 Å². The Morgan fingerprint density at radius 2 is 1.06 bits per heavy atom. The molecule has 2 aromatic carbocycles. The van der Waals surface area contributed by atoms with Crippen molar-refractivity contribution in [2.75, 3.05) is 0 Å². The van der Waals surface area contributed by atoms with E-state index in [0.717, 1.165) is 37.1 Å². The second kappa shape index (κ2) is 15.7. The summed E-state index contributed by atoms with van der Waals surface area (Å²) in [6.45, 7) is 7.28. The van der Waals surface area contributed by atoms with Crippen LogP contribution in [0.15, 0.2) is 57.8 Å². The van der Waals surface area contributed by atoms with E-state index in [1.807, 2.05) is 23.2 Å². The highest BCUT2D eigenvalue weighted by Crippen LogP contribution is 2.46. The fraction of sp³-hybridized carbons (Fsp3) is 0.409. The number of nitrogens with zero attached hydrogens (tertiary/aromatic N) is 6. The van der Waals surface area contributed by atoms with E-state index in [1.54, 1.807) is 26.2 Å². The second-order valence-electron chi connectivity index (χ2n) is 17.2. The predicted octanol–water partition coefficient (Wildman–Crippen LogP) is 9.42. The van der Waals surface area contributed by atoms with Crippen LogP contribution in [0.1, 0.15) is 109 Å². The molecule has 4 heterocycles. The minimum atomic E-state index is -0.705. The number of aromatic nitrogens is 6. The molecule has 14 nitrogen and oxygen atoms in total. The van der Waals surface area contributed by atoms with Gasteiger partial charge in [0.2, 0.25) is 0 Å². The summed E-state index contributed by atoms with van der Waals surface area (Å²) in [5, 5.41) is 37.3. The first-order valence-electron chi connectivity index (χ1n) is 20.3. The number of hydrogen-bond acceptors (Lipinski definition) is 12. The number of rotatable bonds is 10. The molecular weight excluding hydrogens is 849 g/mol. The molecule has 62 heavy (non-hydrogen) atoms. The summed E-state index contributed by atoms with van der Waals surface area (Å²) in [6.07, 6.45) is 8.36. The van der Waals surface area contributed by atoms with Crippen LogP contribution in [-0.2, 0) is 9.47 Å². The second-order valence-corrected chi connectivity index (χ2v) is 18.0. The summed E-state index contributed by atoms with van der Waals surface area (Å²) in [7, 11) is 0. The molecule has 0 radical (unpaired) electrons. The Kier molecular flexibility index (Phi) is 10.6. The lowest BCUT2D eigenvalue weighted by Gasteiger charge is -2.41. The molecule has 0 bridgehead atoms. The number of hydrogen-bond donors (Lipinski definition) is 2. The maximum atomic E-state index is 14.6. The normalized spacial score (nSPS) is 22.9. The van der Waals surface area contributed by atoms with E-state index < -0.39 is 34.8 Å². The molecule has 4 fully saturated rings. The molecule has 0 saturated heterocycles. The van der Waals surface area contributed by atoms with Gasteiger partial charge in [0, 0.05) is 11.4 Å². The van der Waals surface area contributed by atoms with Gasteiger partial charge < -0.3 is 28.7 Å². The summed E-state index contributed by atoms with van der Waals surface area (Å²) in [5.41, 5.74) is 1.25. The van der Waals surface area contributed by atoms with Crippen molar-refractivity contribution in [2.45, 2.75) is 115 Å². The molecule has 18 heteroatoms. The summed E-state index contributed by atoms with van der Waals surface area (Å²) >= 11 is 12.5. The average Bonchev–Trinajstić information content (AvgIpc) is 3.99. The molecule has 4 saturated carbocycles. The lowest BCUT2D eigenvalue weighted by Crippen LogP contribution is -2.42. The van der Waals surface area contributed by atoms with Crippen molar-refractivity contribution < 1.29 is 47.1 Å². The smallest absolute Gasteiger partial charge is 0.344 e. The number of ether oxygens (including phenoxy) is 2. The van der Waals surface area contributed by atoms with Gasteiger partial charge >= 0.3 is 11.9 Å². The third-order valence-electron chi connectivity index (χ3n) is 11.8. The molecule has 4 aliphatic carbocycles. The van der Waals surface area contributed by atoms with Crippen LogP contribution in [0, 0.1) is 25.5 Å². The molecule has 2 N–H and O–H groups in total. The number of benzene rings is 2. The van der Waals surface area contributed by atoms with Crippen LogP contribution in [0.2, 0.25) is 10.0 Å². The van der Waals surface area contributed by atoms with Crippen LogP contribution >= 0.6 is 23.2 Å². The summed E-state index contributed by atoms with van der Waals surface area (Å²) in [5.74, 6) is -2.17. The highest BCUT2D eigenvalue weighted by molar-refractivity contribution is 6.34.